The standard InChI is InChI=1S/C17H29ClN2O/c1-17(2,3)19-13-14-9-8-10-15(18)16(14)20(4)11-6-5-7-12-21/h8-10,19,21H,5-7,11-13H2,1-4H3. The van der Waals surface area contributed by atoms with Crippen LogP contribution in [0.15, 0.2) is 18.2 Å². The highest BCUT2D eigenvalue weighted by Gasteiger charge is 2.14. The molecular formula is C17H29ClN2O. The van der Waals surface area contributed by atoms with E-state index < -0.39 is 0 Å². The van der Waals surface area contributed by atoms with Gasteiger partial charge in [-0.3, -0.25) is 0 Å². The summed E-state index contributed by atoms with van der Waals surface area (Å²) in [6, 6.07) is 6.08. The highest BCUT2D eigenvalue weighted by molar-refractivity contribution is 6.33. The second-order valence-electron chi connectivity index (χ2n) is 6.56. The lowest BCUT2D eigenvalue weighted by molar-refractivity contribution is 0.283. The number of anilines is 1. The van der Waals surface area contributed by atoms with Gasteiger partial charge in [0.15, 0.2) is 0 Å². The van der Waals surface area contributed by atoms with Crippen LogP contribution in [0.1, 0.15) is 45.6 Å². The number of nitrogens with one attached hydrogen (secondary N) is 1. The van der Waals surface area contributed by atoms with Gasteiger partial charge in [0, 0.05) is 32.3 Å². The highest BCUT2D eigenvalue weighted by atomic mass is 35.5. The summed E-state index contributed by atoms with van der Waals surface area (Å²) >= 11 is 6.40. The molecule has 0 aliphatic heterocycles. The number of aliphatic hydroxyl groups excluding tert-OH is 1. The van der Waals surface area contributed by atoms with Crippen LogP contribution in [0, 0.1) is 0 Å². The Bertz CT molecular complexity index is 429. The Kier molecular flexibility index (Phi) is 7.50. The smallest absolute Gasteiger partial charge is 0.0642 e. The van der Waals surface area contributed by atoms with Crippen LogP contribution >= 0.6 is 11.6 Å². The summed E-state index contributed by atoms with van der Waals surface area (Å²) in [5.41, 5.74) is 2.42. The first-order chi connectivity index (χ1) is 9.85. The van der Waals surface area contributed by atoms with Crippen LogP contribution in [-0.4, -0.2) is 30.8 Å². The van der Waals surface area contributed by atoms with Crippen LogP contribution in [0.3, 0.4) is 0 Å². The van der Waals surface area contributed by atoms with Gasteiger partial charge in [0.05, 0.1) is 10.7 Å². The van der Waals surface area contributed by atoms with Gasteiger partial charge in [0.1, 0.15) is 0 Å². The Labute approximate surface area is 134 Å². The first-order valence-corrected chi connectivity index (χ1v) is 8.07. The fourth-order valence-corrected chi connectivity index (χ4v) is 2.58. The van der Waals surface area contributed by atoms with E-state index in [2.05, 4.69) is 44.1 Å². The zero-order valence-electron chi connectivity index (χ0n) is 13.7. The summed E-state index contributed by atoms with van der Waals surface area (Å²) in [5.74, 6) is 0. The molecule has 0 aromatic heterocycles. The molecule has 0 unspecified atom stereocenters. The van der Waals surface area contributed by atoms with E-state index in [-0.39, 0.29) is 12.1 Å². The molecule has 1 rings (SSSR count). The van der Waals surface area contributed by atoms with E-state index in [1.165, 1.54) is 5.56 Å². The Balaban J connectivity index is 2.74. The predicted molar refractivity (Wildman–Crippen MR) is 92.3 cm³/mol. The lowest BCUT2D eigenvalue weighted by atomic mass is 10.1. The lowest BCUT2D eigenvalue weighted by Gasteiger charge is -2.26. The molecule has 4 heteroatoms. The molecule has 0 heterocycles. The van der Waals surface area contributed by atoms with Gasteiger partial charge in [0.25, 0.3) is 0 Å². The summed E-state index contributed by atoms with van der Waals surface area (Å²) in [4.78, 5) is 2.22. The Morgan fingerprint density at radius 3 is 2.52 bits per heavy atom. The fraction of sp³-hybridized carbons (Fsp3) is 0.647. The van der Waals surface area contributed by atoms with E-state index in [9.17, 15) is 0 Å². The van der Waals surface area contributed by atoms with Crippen molar-refractivity contribution in [3.63, 3.8) is 0 Å². The maximum atomic E-state index is 8.84. The molecule has 0 saturated heterocycles. The van der Waals surface area contributed by atoms with Gasteiger partial charge < -0.3 is 15.3 Å². The third-order valence-corrected chi connectivity index (χ3v) is 3.72. The van der Waals surface area contributed by atoms with Crippen molar-refractivity contribution >= 4 is 17.3 Å². The normalized spacial score (nSPS) is 11.7. The molecule has 0 spiro atoms. The molecule has 0 aliphatic carbocycles. The van der Waals surface area contributed by atoms with Crippen LogP contribution in [0.4, 0.5) is 5.69 Å². The topological polar surface area (TPSA) is 35.5 Å². The molecule has 0 atom stereocenters. The zero-order valence-corrected chi connectivity index (χ0v) is 14.5. The summed E-state index contributed by atoms with van der Waals surface area (Å²) in [6.07, 6.45) is 2.98. The summed E-state index contributed by atoms with van der Waals surface area (Å²) < 4.78 is 0. The van der Waals surface area contributed by atoms with Crippen LogP contribution in [0.25, 0.3) is 0 Å². The number of aliphatic hydroxyl groups is 1. The summed E-state index contributed by atoms with van der Waals surface area (Å²) in [6.45, 7) is 8.52. The Morgan fingerprint density at radius 2 is 1.90 bits per heavy atom. The molecule has 0 aliphatic rings. The molecule has 0 fully saturated rings. The minimum absolute atomic E-state index is 0.0826. The van der Waals surface area contributed by atoms with Crippen molar-refractivity contribution in [1.29, 1.82) is 0 Å². The fourth-order valence-electron chi connectivity index (χ4n) is 2.24. The number of para-hydroxylation sites is 1. The van der Waals surface area contributed by atoms with Crippen LogP contribution in [0.5, 0.6) is 0 Å². The molecular weight excluding hydrogens is 284 g/mol. The van der Waals surface area contributed by atoms with E-state index >= 15 is 0 Å². The van der Waals surface area contributed by atoms with E-state index in [4.69, 9.17) is 16.7 Å². The van der Waals surface area contributed by atoms with Gasteiger partial charge in [-0.05, 0) is 51.7 Å². The Hall–Kier alpha value is -0.770. The quantitative estimate of drug-likeness (QED) is 0.716. The first kappa shape index (κ1) is 18.3. The average molecular weight is 313 g/mol. The van der Waals surface area contributed by atoms with Crippen molar-refractivity contribution in [2.24, 2.45) is 0 Å². The number of hydrogen-bond donors (Lipinski definition) is 2. The molecule has 2 N–H and O–H groups in total. The number of nitrogens with zero attached hydrogens (tertiary/aromatic N) is 1. The first-order valence-electron chi connectivity index (χ1n) is 7.69. The minimum Gasteiger partial charge on any atom is -0.396 e. The molecule has 0 amide bonds. The summed E-state index contributed by atoms with van der Waals surface area (Å²) in [7, 11) is 2.08. The van der Waals surface area contributed by atoms with E-state index in [0.717, 1.165) is 43.1 Å². The lowest BCUT2D eigenvalue weighted by Crippen LogP contribution is -2.35. The van der Waals surface area contributed by atoms with Crippen molar-refractivity contribution in [1.82, 2.24) is 5.32 Å². The van der Waals surface area contributed by atoms with Crippen molar-refractivity contribution in [2.45, 2.75) is 52.1 Å². The predicted octanol–water partition coefficient (Wildman–Crippen LogP) is 3.83. The largest absolute Gasteiger partial charge is 0.396 e. The average Bonchev–Trinajstić information content (AvgIpc) is 2.40. The minimum atomic E-state index is 0.0826. The second kappa shape index (κ2) is 8.62. The Morgan fingerprint density at radius 1 is 1.19 bits per heavy atom. The molecule has 21 heavy (non-hydrogen) atoms. The van der Waals surface area contributed by atoms with Crippen molar-refractivity contribution in [3.8, 4) is 0 Å². The van der Waals surface area contributed by atoms with Gasteiger partial charge in [-0.2, -0.15) is 0 Å². The third-order valence-electron chi connectivity index (χ3n) is 3.41. The van der Waals surface area contributed by atoms with Crippen molar-refractivity contribution in [3.05, 3.63) is 28.8 Å². The van der Waals surface area contributed by atoms with Crippen molar-refractivity contribution in [2.75, 3.05) is 25.1 Å². The van der Waals surface area contributed by atoms with Crippen LogP contribution in [-0.2, 0) is 6.54 Å². The second-order valence-corrected chi connectivity index (χ2v) is 6.96. The monoisotopic (exact) mass is 312 g/mol. The van der Waals surface area contributed by atoms with Gasteiger partial charge in [-0.15, -0.1) is 0 Å². The molecule has 0 bridgehead atoms. The van der Waals surface area contributed by atoms with Crippen molar-refractivity contribution < 1.29 is 5.11 Å². The highest BCUT2D eigenvalue weighted by Crippen LogP contribution is 2.29. The number of hydrogen-bond acceptors (Lipinski definition) is 3. The van der Waals surface area contributed by atoms with E-state index in [1.807, 2.05) is 12.1 Å². The third kappa shape index (κ3) is 6.68. The maximum Gasteiger partial charge on any atom is 0.0642 e. The molecule has 1 aromatic rings. The maximum absolute atomic E-state index is 8.84. The van der Waals surface area contributed by atoms with Crippen LogP contribution < -0.4 is 10.2 Å². The van der Waals surface area contributed by atoms with Gasteiger partial charge >= 0.3 is 0 Å². The van der Waals surface area contributed by atoms with Gasteiger partial charge in [0.2, 0.25) is 0 Å². The SMILES string of the molecule is CN(CCCCCO)c1c(Cl)cccc1CNC(C)(C)C. The number of benzene rings is 1. The molecule has 1 aromatic carbocycles. The molecule has 0 radical (unpaired) electrons. The zero-order chi connectivity index (χ0) is 15.9. The number of unbranched alkanes of at least 4 members (excludes halogenated alkanes) is 2. The summed E-state index contributed by atoms with van der Waals surface area (Å²) in [5, 5.41) is 13.2. The molecule has 120 valence electrons. The van der Waals surface area contributed by atoms with Gasteiger partial charge in [-0.1, -0.05) is 23.7 Å². The number of halogens is 1. The molecule has 0 saturated carbocycles. The van der Waals surface area contributed by atoms with E-state index in [0.29, 0.717) is 0 Å². The van der Waals surface area contributed by atoms with Crippen LogP contribution in [0.2, 0.25) is 5.02 Å². The van der Waals surface area contributed by atoms with Gasteiger partial charge in [-0.25, -0.2) is 0 Å². The molecule has 3 nitrogen and oxygen atoms in total. The number of rotatable bonds is 8. The van der Waals surface area contributed by atoms with E-state index in [1.54, 1.807) is 0 Å².